The first-order valence-corrected chi connectivity index (χ1v) is 10.1. The lowest BCUT2D eigenvalue weighted by Gasteiger charge is -2.30. The quantitative estimate of drug-likeness (QED) is 0.620. The lowest BCUT2D eigenvalue weighted by Crippen LogP contribution is -2.38. The molecule has 5 nitrogen and oxygen atoms in total. The summed E-state index contributed by atoms with van der Waals surface area (Å²) in [7, 11) is -1.84. The molecule has 6 heteroatoms. The average Bonchev–Trinajstić information content (AvgIpc) is 2.62. The molecule has 2 rings (SSSR count). The normalized spacial score (nSPS) is 16.8. The Morgan fingerprint density at radius 2 is 1.76 bits per heavy atom. The monoisotopic (exact) mass is 362 g/mol. The molecule has 0 atom stereocenters. The van der Waals surface area contributed by atoms with Gasteiger partial charge in [-0.2, -0.15) is 4.31 Å². The highest BCUT2D eigenvalue weighted by molar-refractivity contribution is 7.89. The molecule has 0 aliphatic heterocycles. The van der Waals surface area contributed by atoms with Crippen molar-refractivity contribution in [3.05, 3.63) is 48.6 Å². The molecule has 1 fully saturated rings. The molecular weight excluding hydrogens is 336 g/mol. The van der Waals surface area contributed by atoms with Gasteiger partial charge >= 0.3 is 0 Å². The Morgan fingerprint density at radius 1 is 1.12 bits per heavy atom. The minimum Gasteiger partial charge on any atom is -0.323 e. The summed E-state index contributed by atoms with van der Waals surface area (Å²) in [4.78, 5) is 12.0. The molecule has 1 saturated carbocycles. The van der Waals surface area contributed by atoms with Gasteiger partial charge in [0, 0.05) is 24.9 Å². The molecule has 1 aromatic carbocycles. The third-order valence-electron chi connectivity index (χ3n) is 4.44. The number of sulfonamides is 1. The molecule has 0 unspecified atom stereocenters. The van der Waals surface area contributed by atoms with Crippen LogP contribution in [0, 0.1) is 0 Å². The maximum atomic E-state index is 12.8. The van der Waals surface area contributed by atoms with Crippen LogP contribution in [0.3, 0.4) is 0 Å². The van der Waals surface area contributed by atoms with E-state index in [1.807, 2.05) is 13.0 Å². The van der Waals surface area contributed by atoms with Gasteiger partial charge in [-0.1, -0.05) is 37.5 Å². The van der Waals surface area contributed by atoms with E-state index in [1.165, 1.54) is 16.8 Å². The predicted molar refractivity (Wildman–Crippen MR) is 101 cm³/mol. The number of hydrogen-bond donors (Lipinski definition) is 1. The highest BCUT2D eigenvalue weighted by atomic mass is 32.2. The van der Waals surface area contributed by atoms with Crippen molar-refractivity contribution in [3.63, 3.8) is 0 Å². The molecule has 0 spiro atoms. The van der Waals surface area contributed by atoms with E-state index in [2.05, 4.69) is 5.32 Å². The van der Waals surface area contributed by atoms with Gasteiger partial charge in [-0.3, -0.25) is 4.79 Å². The first kappa shape index (κ1) is 19.4. The maximum Gasteiger partial charge on any atom is 0.248 e. The molecule has 25 heavy (non-hydrogen) atoms. The largest absolute Gasteiger partial charge is 0.323 e. The number of hydrogen-bond acceptors (Lipinski definition) is 3. The molecular formula is C19H26N2O3S. The molecule has 1 amide bonds. The lowest BCUT2D eigenvalue weighted by molar-refractivity contribution is -0.111. The van der Waals surface area contributed by atoms with E-state index in [-0.39, 0.29) is 16.8 Å². The number of carbonyl (C=O) groups excluding carboxylic acids is 1. The fraction of sp³-hybridized carbons (Fsp3) is 0.421. The molecule has 0 aromatic heterocycles. The number of nitrogens with zero attached hydrogens (tertiary/aromatic N) is 1. The SMILES string of the molecule is CC=CC=CC(=O)Nc1ccc(S(=O)(=O)N(C)C2CCCCC2)cc1. The van der Waals surface area contributed by atoms with Crippen molar-refractivity contribution in [2.75, 3.05) is 12.4 Å². The molecule has 1 N–H and O–H groups in total. The predicted octanol–water partition coefficient (Wildman–Crippen LogP) is 3.71. The number of benzene rings is 1. The summed E-state index contributed by atoms with van der Waals surface area (Å²) in [5, 5.41) is 2.70. The highest BCUT2D eigenvalue weighted by Gasteiger charge is 2.28. The Kier molecular flexibility index (Phi) is 6.96. The van der Waals surface area contributed by atoms with E-state index in [1.54, 1.807) is 43.5 Å². The van der Waals surface area contributed by atoms with E-state index in [0.29, 0.717) is 5.69 Å². The van der Waals surface area contributed by atoms with Crippen molar-refractivity contribution < 1.29 is 13.2 Å². The third kappa shape index (κ3) is 5.28. The van der Waals surface area contributed by atoms with Crippen LogP contribution in [0.15, 0.2) is 53.5 Å². The van der Waals surface area contributed by atoms with Crippen LogP contribution in [0.2, 0.25) is 0 Å². The fourth-order valence-corrected chi connectivity index (χ4v) is 4.37. The fourth-order valence-electron chi connectivity index (χ4n) is 2.96. The number of rotatable bonds is 6. The number of allylic oxidation sites excluding steroid dienone is 3. The van der Waals surface area contributed by atoms with Crippen LogP contribution >= 0.6 is 0 Å². The van der Waals surface area contributed by atoms with Crippen molar-refractivity contribution in [2.24, 2.45) is 0 Å². The third-order valence-corrected chi connectivity index (χ3v) is 6.36. The number of amides is 1. The molecule has 0 bridgehead atoms. The van der Waals surface area contributed by atoms with Gasteiger partial charge in [-0.25, -0.2) is 8.42 Å². The minimum atomic E-state index is -3.50. The number of carbonyl (C=O) groups is 1. The number of nitrogens with one attached hydrogen (secondary N) is 1. The zero-order valence-electron chi connectivity index (χ0n) is 14.8. The van der Waals surface area contributed by atoms with Crippen molar-refractivity contribution in [2.45, 2.75) is 50.0 Å². The smallest absolute Gasteiger partial charge is 0.248 e. The topological polar surface area (TPSA) is 66.5 Å². The number of anilines is 1. The molecule has 1 aromatic rings. The second-order valence-electron chi connectivity index (χ2n) is 6.21. The lowest BCUT2D eigenvalue weighted by atomic mass is 9.96. The molecule has 1 aliphatic rings. The van der Waals surface area contributed by atoms with Gasteiger partial charge in [-0.05, 0) is 44.0 Å². The van der Waals surface area contributed by atoms with E-state index in [0.717, 1.165) is 25.7 Å². The van der Waals surface area contributed by atoms with Gasteiger partial charge in [-0.15, -0.1) is 0 Å². The first-order valence-electron chi connectivity index (χ1n) is 8.63. The Balaban J connectivity index is 2.06. The van der Waals surface area contributed by atoms with Gasteiger partial charge in [0.1, 0.15) is 0 Å². The summed E-state index contributed by atoms with van der Waals surface area (Å²) in [5.41, 5.74) is 0.564. The van der Waals surface area contributed by atoms with Crippen LogP contribution in [0.4, 0.5) is 5.69 Å². The molecule has 1 aliphatic carbocycles. The standard InChI is InChI=1S/C19H26N2O3S/c1-3-4-6-11-19(22)20-16-12-14-18(15-13-16)25(23,24)21(2)17-9-7-5-8-10-17/h3-4,6,11-15,17H,5,7-10H2,1-2H3,(H,20,22). The minimum absolute atomic E-state index is 0.0786. The van der Waals surface area contributed by atoms with Crippen LogP contribution in [0.25, 0.3) is 0 Å². The highest BCUT2D eigenvalue weighted by Crippen LogP contribution is 2.26. The van der Waals surface area contributed by atoms with Crippen molar-refractivity contribution >= 4 is 21.6 Å². The van der Waals surface area contributed by atoms with Gasteiger partial charge in [0.2, 0.25) is 15.9 Å². The maximum absolute atomic E-state index is 12.8. The summed E-state index contributed by atoms with van der Waals surface area (Å²) >= 11 is 0. The zero-order valence-corrected chi connectivity index (χ0v) is 15.6. The van der Waals surface area contributed by atoms with Crippen molar-refractivity contribution in [1.29, 1.82) is 0 Å². The Hall–Kier alpha value is -1.92. The second-order valence-corrected chi connectivity index (χ2v) is 8.21. The molecule has 0 radical (unpaired) electrons. The molecule has 136 valence electrons. The molecule has 0 heterocycles. The molecule has 0 saturated heterocycles. The first-order chi connectivity index (χ1) is 11.9. The van der Waals surface area contributed by atoms with Crippen LogP contribution in [-0.2, 0) is 14.8 Å². The van der Waals surface area contributed by atoms with E-state index < -0.39 is 10.0 Å². The Labute approximate surface area is 150 Å². The van der Waals surface area contributed by atoms with Gasteiger partial charge in [0.25, 0.3) is 0 Å². The van der Waals surface area contributed by atoms with Crippen LogP contribution in [-0.4, -0.2) is 31.7 Å². The van der Waals surface area contributed by atoms with Crippen molar-refractivity contribution in [3.8, 4) is 0 Å². The van der Waals surface area contributed by atoms with Crippen LogP contribution in [0.5, 0.6) is 0 Å². The average molecular weight is 362 g/mol. The second kappa shape index (κ2) is 8.97. The Bertz CT molecular complexity index is 730. The van der Waals surface area contributed by atoms with Gasteiger partial charge < -0.3 is 5.32 Å². The Morgan fingerprint density at radius 3 is 2.36 bits per heavy atom. The van der Waals surface area contributed by atoms with Gasteiger partial charge in [0.15, 0.2) is 0 Å². The van der Waals surface area contributed by atoms with Crippen LogP contribution in [0.1, 0.15) is 39.0 Å². The van der Waals surface area contributed by atoms with E-state index >= 15 is 0 Å². The summed E-state index contributed by atoms with van der Waals surface area (Å²) in [6.07, 6.45) is 11.8. The zero-order chi connectivity index (χ0) is 18.3. The summed E-state index contributed by atoms with van der Waals surface area (Å²) in [6.45, 7) is 1.87. The van der Waals surface area contributed by atoms with Gasteiger partial charge in [0.05, 0.1) is 4.90 Å². The summed E-state index contributed by atoms with van der Waals surface area (Å²) < 4.78 is 27.0. The van der Waals surface area contributed by atoms with E-state index in [4.69, 9.17) is 0 Å². The van der Waals surface area contributed by atoms with Crippen LogP contribution < -0.4 is 5.32 Å². The van der Waals surface area contributed by atoms with E-state index in [9.17, 15) is 13.2 Å². The van der Waals surface area contributed by atoms with Crippen molar-refractivity contribution in [1.82, 2.24) is 4.31 Å². The summed E-state index contributed by atoms with van der Waals surface area (Å²) in [6, 6.07) is 6.39. The summed E-state index contributed by atoms with van der Waals surface area (Å²) in [5.74, 6) is -0.256.